The molecule has 3 aromatic rings. The van der Waals surface area contributed by atoms with Crippen LogP contribution in [0.15, 0.2) is 42.5 Å². The number of benzene rings is 2. The Morgan fingerprint density at radius 3 is 2.61 bits per heavy atom. The van der Waals surface area contributed by atoms with E-state index in [0.29, 0.717) is 54.2 Å². The highest BCUT2D eigenvalue weighted by atomic mass is 35.5. The number of halogens is 2. The molecule has 1 aliphatic heterocycles. The summed E-state index contributed by atoms with van der Waals surface area (Å²) in [6.45, 7) is 0.942. The summed E-state index contributed by atoms with van der Waals surface area (Å²) in [6, 6.07) is 12.8. The van der Waals surface area contributed by atoms with Crippen molar-refractivity contribution in [1.29, 1.82) is 5.26 Å². The summed E-state index contributed by atoms with van der Waals surface area (Å²) in [5.41, 5.74) is 7.72. The molecule has 0 spiro atoms. The van der Waals surface area contributed by atoms with Crippen LogP contribution in [0.25, 0.3) is 11.3 Å². The first kappa shape index (κ1) is 23.6. The molecule has 9 nitrogen and oxygen atoms in total. The molecule has 2 aliphatic rings. The molecule has 1 aromatic heterocycles. The summed E-state index contributed by atoms with van der Waals surface area (Å²) in [7, 11) is 0. The van der Waals surface area contributed by atoms with E-state index in [1.165, 1.54) is 18.2 Å². The Kier molecular flexibility index (Phi) is 6.24. The zero-order valence-corrected chi connectivity index (χ0v) is 19.8. The van der Waals surface area contributed by atoms with Crippen molar-refractivity contribution in [1.82, 2.24) is 20.0 Å². The first-order valence-corrected chi connectivity index (χ1v) is 11.8. The largest absolute Gasteiger partial charge is 0.490 e. The highest BCUT2D eigenvalue weighted by Crippen LogP contribution is 2.31. The number of rotatable bonds is 5. The smallest absolute Gasteiger partial charge is 0.318 e. The maximum absolute atomic E-state index is 13.6. The minimum absolute atomic E-state index is 0.0161. The van der Waals surface area contributed by atoms with E-state index in [9.17, 15) is 14.0 Å². The van der Waals surface area contributed by atoms with Crippen LogP contribution in [0.2, 0.25) is 5.02 Å². The molecule has 0 bridgehead atoms. The number of hydrogen-bond donors (Lipinski definition) is 2. The minimum Gasteiger partial charge on any atom is -0.490 e. The van der Waals surface area contributed by atoms with Crippen molar-refractivity contribution < 1.29 is 18.7 Å². The van der Waals surface area contributed by atoms with Crippen LogP contribution in [0, 0.1) is 17.1 Å². The standard InChI is InChI=1S/C25H22ClFN6O3/c26-19-9-15(3-6-20(19)27)23-22(24(29)34)21-13-32(7-8-33(21)31-23)25(35)30-16-10-18(11-16)36-17-4-1-14(12-28)2-5-17/h1-6,9,16,18H,7-8,10-11,13H2,(H2,29,34)(H,30,35). The number of amides is 3. The van der Waals surface area contributed by atoms with Crippen molar-refractivity contribution in [2.24, 2.45) is 5.73 Å². The number of ether oxygens (including phenoxy) is 1. The average Bonchev–Trinajstić information content (AvgIpc) is 3.24. The Labute approximate surface area is 211 Å². The van der Waals surface area contributed by atoms with Crippen LogP contribution in [0.5, 0.6) is 5.75 Å². The van der Waals surface area contributed by atoms with Crippen molar-refractivity contribution in [3.63, 3.8) is 0 Å². The summed E-state index contributed by atoms with van der Waals surface area (Å²) in [5.74, 6) is -0.575. The number of nitriles is 1. The lowest BCUT2D eigenvalue weighted by Crippen LogP contribution is -2.54. The van der Waals surface area contributed by atoms with Gasteiger partial charge in [-0.15, -0.1) is 0 Å². The van der Waals surface area contributed by atoms with Gasteiger partial charge in [0.2, 0.25) is 0 Å². The second kappa shape index (κ2) is 9.51. The number of hydrogen-bond acceptors (Lipinski definition) is 5. The molecule has 0 radical (unpaired) electrons. The predicted molar refractivity (Wildman–Crippen MR) is 129 cm³/mol. The number of carbonyl (C=O) groups excluding carboxylic acids is 2. The summed E-state index contributed by atoms with van der Waals surface area (Å²) in [5, 5.41) is 16.3. The molecule has 1 aliphatic carbocycles. The number of nitrogens with one attached hydrogen (secondary N) is 1. The van der Waals surface area contributed by atoms with Crippen molar-refractivity contribution in [2.45, 2.75) is 38.1 Å². The van der Waals surface area contributed by atoms with Gasteiger partial charge in [-0.1, -0.05) is 11.6 Å². The molecule has 1 fully saturated rings. The maximum atomic E-state index is 13.6. The van der Waals surface area contributed by atoms with Crippen LogP contribution in [-0.4, -0.2) is 45.3 Å². The molecule has 3 N–H and O–H groups in total. The lowest BCUT2D eigenvalue weighted by Gasteiger charge is -2.37. The monoisotopic (exact) mass is 508 g/mol. The van der Waals surface area contributed by atoms with Gasteiger partial charge in [-0.3, -0.25) is 9.48 Å². The van der Waals surface area contributed by atoms with Crippen molar-refractivity contribution in [3.8, 4) is 23.1 Å². The van der Waals surface area contributed by atoms with Gasteiger partial charge in [0.05, 0.1) is 41.0 Å². The average molecular weight is 509 g/mol. The number of carbonyl (C=O) groups is 2. The first-order chi connectivity index (χ1) is 17.3. The summed E-state index contributed by atoms with van der Waals surface area (Å²) in [6.07, 6.45) is 1.32. The molecule has 36 heavy (non-hydrogen) atoms. The highest BCUT2D eigenvalue weighted by Gasteiger charge is 2.35. The van der Waals surface area contributed by atoms with Crippen LogP contribution in [0.3, 0.4) is 0 Å². The maximum Gasteiger partial charge on any atom is 0.318 e. The molecule has 0 saturated heterocycles. The van der Waals surface area contributed by atoms with Crippen LogP contribution < -0.4 is 15.8 Å². The van der Waals surface area contributed by atoms with E-state index in [0.717, 1.165) is 0 Å². The van der Waals surface area contributed by atoms with E-state index in [-0.39, 0.29) is 35.3 Å². The molecule has 2 aromatic carbocycles. The summed E-state index contributed by atoms with van der Waals surface area (Å²) in [4.78, 5) is 26.9. The molecule has 11 heteroatoms. The second-order valence-electron chi connectivity index (χ2n) is 8.80. The van der Waals surface area contributed by atoms with Gasteiger partial charge in [-0.2, -0.15) is 10.4 Å². The topological polar surface area (TPSA) is 126 Å². The van der Waals surface area contributed by atoms with Gasteiger partial charge < -0.3 is 20.7 Å². The molecule has 3 amide bonds. The van der Waals surface area contributed by atoms with Crippen molar-refractivity contribution in [2.75, 3.05) is 6.54 Å². The Balaban J connectivity index is 1.22. The van der Waals surface area contributed by atoms with Gasteiger partial charge in [0.1, 0.15) is 23.4 Å². The van der Waals surface area contributed by atoms with Crippen molar-refractivity contribution in [3.05, 3.63) is 70.1 Å². The Morgan fingerprint density at radius 1 is 1.19 bits per heavy atom. The van der Waals surface area contributed by atoms with E-state index in [1.807, 2.05) is 0 Å². The summed E-state index contributed by atoms with van der Waals surface area (Å²) < 4.78 is 21.2. The van der Waals surface area contributed by atoms with Crippen LogP contribution in [0.1, 0.15) is 34.5 Å². The lowest BCUT2D eigenvalue weighted by molar-refractivity contribution is 0.0832. The van der Waals surface area contributed by atoms with E-state index < -0.39 is 11.7 Å². The zero-order chi connectivity index (χ0) is 25.4. The highest BCUT2D eigenvalue weighted by molar-refractivity contribution is 6.31. The number of nitrogens with zero attached hydrogens (tertiary/aromatic N) is 4. The fourth-order valence-electron chi connectivity index (χ4n) is 4.44. The second-order valence-corrected chi connectivity index (χ2v) is 9.21. The first-order valence-electron chi connectivity index (χ1n) is 11.4. The SMILES string of the molecule is N#Cc1ccc(OC2CC(NC(=O)N3CCn4nc(-c5ccc(F)c(Cl)c5)c(C(N)=O)c4C3)C2)cc1. The molecule has 184 valence electrons. The summed E-state index contributed by atoms with van der Waals surface area (Å²) >= 11 is 5.92. The number of primary amides is 1. The van der Waals surface area contributed by atoms with Crippen LogP contribution in [-0.2, 0) is 13.1 Å². The Hall–Kier alpha value is -4.10. The van der Waals surface area contributed by atoms with E-state index in [2.05, 4.69) is 16.5 Å². The molecular formula is C25H22ClFN6O3. The Morgan fingerprint density at radius 2 is 1.94 bits per heavy atom. The third-order valence-corrected chi connectivity index (χ3v) is 6.70. The van der Waals surface area contributed by atoms with Gasteiger partial charge in [0, 0.05) is 31.0 Å². The third-order valence-electron chi connectivity index (χ3n) is 6.42. The quantitative estimate of drug-likeness (QED) is 0.546. The molecule has 0 atom stereocenters. The van der Waals surface area contributed by atoms with Crippen LogP contribution in [0.4, 0.5) is 9.18 Å². The van der Waals surface area contributed by atoms with Gasteiger partial charge in [0.25, 0.3) is 5.91 Å². The van der Waals surface area contributed by atoms with Gasteiger partial charge >= 0.3 is 6.03 Å². The van der Waals surface area contributed by atoms with Crippen LogP contribution >= 0.6 is 11.6 Å². The van der Waals surface area contributed by atoms with E-state index in [1.54, 1.807) is 33.8 Å². The van der Waals surface area contributed by atoms with Crippen molar-refractivity contribution >= 4 is 23.5 Å². The van der Waals surface area contributed by atoms with Gasteiger partial charge in [-0.25, -0.2) is 9.18 Å². The molecular weight excluding hydrogens is 487 g/mol. The Bertz CT molecular complexity index is 1380. The fraction of sp³-hybridized carbons (Fsp3) is 0.280. The number of nitrogens with two attached hydrogens (primary N) is 1. The van der Waals surface area contributed by atoms with E-state index in [4.69, 9.17) is 27.3 Å². The molecule has 5 rings (SSSR count). The number of fused-ring (bicyclic) bond motifs is 1. The molecule has 1 saturated carbocycles. The molecule has 2 heterocycles. The molecule has 0 unspecified atom stereocenters. The minimum atomic E-state index is -0.684. The lowest BCUT2D eigenvalue weighted by atomic mass is 9.89. The van der Waals surface area contributed by atoms with Gasteiger partial charge in [0.15, 0.2) is 0 Å². The van der Waals surface area contributed by atoms with E-state index >= 15 is 0 Å². The normalized spacial score (nSPS) is 18.5. The number of aromatic nitrogens is 2. The zero-order valence-electron chi connectivity index (χ0n) is 19.1. The predicted octanol–water partition coefficient (Wildman–Crippen LogP) is 3.45. The third kappa shape index (κ3) is 4.57. The number of urea groups is 1. The fourth-order valence-corrected chi connectivity index (χ4v) is 4.62. The van der Waals surface area contributed by atoms with Gasteiger partial charge in [-0.05, 0) is 42.5 Å².